The highest BCUT2D eigenvalue weighted by atomic mass is 32.2. The Balaban J connectivity index is 2.45. The number of nitrogen functional groups attached to an aromatic ring is 1. The van der Waals surface area contributed by atoms with Crippen LogP contribution in [0.2, 0.25) is 0 Å². The van der Waals surface area contributed by atoms with E-state index >= 15 is 0 Å². The number of hydrogen-bond acceptors (Lipinski definition) is 5. The first-order valence-corrected chi connectivity index (χ1v) is 6.91. The van der Waals surface area contributed by atoms with Crippen LogP contribution in [0.5, 0.6) is 0 Å². The normalized spacial score (nSPS) is 27.1. The van der Waals surface area contributed by atoms with Crippen LogP contribution in [0.15, 0.2) is 6.20 Å². The highest BCUT2D eigenvalue weighted by Crippen LogP contribution is 2.32. The van der Waals surface area contributed by atoms with E-state index in [0.717, 1.165) is 0 Å². The molecular weight excluding hydrogens is 244 g/mol. The van der Waals surface area contributed by atoms with E-state index in [1.165, 1.54) is 10.9 Å². The summed E-state index contributed by atoms with van der Waals surface area (Å²) in [5.74, 6) is -0.464. The maximum atomic E-state index is 11.5. The molecule has 0 aliphatic carbocycles. The zero-order valence-corrected chi connectivity index (χ0v) is 10.2. The van der Waals surface area contributed by atoms with E-state index in [0.29, 0.717) is 6.42 Å². The Morgan fingerprint density at radius 1 is 1.59 bits per heavy atom. The molecule has 7 nitrogen and oxygen atoms in total. The second kappa shape index (κ2) is 3.46. The molecule has 94 valence electrons. The lowest BCUT2D eigenvalue weighted by atomic mass is 10.0. The van der Waals surface area contributed by atoms with Crippen molar-refractivity contribution in [2.24, 2.45) is 5.73 Å². The molecule has 17 heavy (non-hydrogen) atoms. The molecule has 2 rings (SSSR count). The second-order valence-electron chi connectivity index (χ2n) is 4.56. The molecule has 1 unspecified atom stereocenters. The molecular formula is C9H14N4O3S. The third-order valence-corrected chi connectivity index (χ3v) is 4.95. The minimum atomic E-state index is -3.06. The van der Waals surface area contributed by atoms with Crippen molar-refractivity contribution in [2.45, 2.75) is 18.9 Å². The average molecular weight is 258 g/mol. The van der Waals surface area contributed by atoms with Crippen LogP contribution in [0.4, 0.5) is 5.82 Å². The van der Waals surface area contributed by atoms with Gasteiger partial charge in [0.2, 0.25) is 0 Å². The van der Waals surface area contributed by atoms with Gasteiger partial charge in [0.1, 0.15) is 11.4 Å². The van der Waals surface area contributed by atoms with Crippen molar-refractivity contribution in [3.63, 3.8) is 0 Å². The van der Waals surface area contributed by atoms with Crippen LogP contribution >= 0.6 is 0 Å². The SMILES string of the molecule is CC1(n2ncc(C(N)=O)c2N)CCS(=O)(=O)C1. The Hall–Kier alpha value is -1.57. The lowest BCUT2D eigenvalue weighted by molar-refractivity contribution is 0.100. The Labute approximate surface area is 98.7 Å². The Bertz CT molecular complexity index is 577. The average Bonchev–Trinajstić information content (AvgIpc) is 2.68. The minimum Gasteiger partial charge on any atom is -0.383 e. The van der Waals surface area contributed by atoms with Crippen molar-refractivity contribution in [3.05, 3.63) is 11.8 Å². The Kier molecular flexibility index (Phi) is 2.42. The maximum Gasteiger partial charge on any atom is 0.254 e. The largest absolute Gasteiger partial charge is 0.383 e. The molecule has 0 bridgehead atoms. The zero-order valence-electron chi connectivity index (χ0n) is 9.38. The summed E-state index contributed by atoms with van der Waals surface area (Å²) >= 11 is 0. The Morgan fingerprint density at radius 2 is 2.24 bits per heavy atom. The van der Waals surface area contributed by atoms with Crippen LogP contribution in [-0.4, -0.2) is 35.6 Å². The van der Waals surface area contributed by atoms with Gasteiger partial charge in [0.15, 0.2) is 9.84 Å². The lowest BCUT2D eigenvalue weighted by Gasteiger charge is -2.24. The van der Waals surface area contributed by atoms with E-state index in [9.17, 15) is 13.2 Å². The standard InChI is InChI=1S/C9H14N4O3S/c1-9(2-3-17(15,16)5-9)13-7(10)6(4-12-13)8(11)14/h4H,2-3,5,10H2,1H3,(H2,11,14). The molecule has 1 aliphatic heterocycles. The van der Waals surface area contributed by atoms with Crippen molar-refractivity contribution in [2.75, 3.05) is 17.2 Å². The lowest BCUT2D eigenvalue weighted by Crippen LogP contribution is -2.33. The van der Waals surface area contributed by atoms with Crippen molar-refractivity contribution < 1.29 is 13.2 Å². The topological polar surface area (TPSA) is 121 Å². The fourth-order valence-corrected chi connectivity index (χ4v) is 4.25. The van der Waals surface area contributed by atoms with Gasteiger partial charge in [0.25, 0.3) is 5.91 Å². The predicted octanol–water partition coefficient (Wildman–Crippen LogP) is -0.902. The van der Waals surface area contributed by atoms with E-state index in [4.69, 9.17) is 11.5 Å². The van der Waals surface area contributed by atoms with Crippen molar-refractivity contribution in [1.29, 1.82) is 0 Å². The summed E-state index contributed by atoms with van der Waals surface area (Å²) in [4.78, 5) is 11.1. The third-order valence-electron chi connectivity index (χ3n) is 3.07. The quantitative estimate of drug-likeness (QED) is 0.711. The molecule has 1 aromatic heterocycles. The number of primary amides is 1. The van der Waals surface area contributed by atoms with Crippen LogP contribution in [0, 0.1) is 0 Å². The molecule has 1 atom stereocenters. The summed E-state index contributed by atoms with van der Waals surface area (Å²) in [5, 5.41) is 3.98. The van der Waals surface area contributed by atoms with Crippen molar-refractivity contribution in [3.8, 4) is 0 Å². The van der Waals surface area contributed by atoms with Gasteiger partial charge >= 0.3 is 0 Å². The molecule has 1 fully saturated rings. The molecule has 1 amide bonds. The number of aromatic nitrogens is 2. The maximum absolute atomic E-state index is 11.5. The second-order valence-corrected chi connectivity index (χ2v) is 6.74. The van der Waals surface area contributed by atoms with Gasteiger partial charge in [-0.1, -0.05) is 0 Å². The fraction of sp³-hybridized carbons (Fsp3) is 0.556. The van der Waals surface area contributed by atoms with Crippen LogP contribution in [0.25, 0.3) is 0 Å². The van der Waals surface area contributed by atoms with E-state index in [2.05, 4.69) is 5.10 Å². The molecule has 0 radical (unpaired) electrons. The molecule has 1 aliphatic rings. The molecule has 4 N–H and O–H groups in total. The zero-order chi connectivity index (χ0) is 12.8. The van der Waals surface area contributed by atoms with Crippen LogP contribution < -0.4 is 11.5 Å². The highest BCUT2D eigenvalue weighted by Gasteiger charge is 2.42. The summed E-state index contributed by atoms with van der Waals surface area (Å²) in [7, 11) is -3.06. The van der Waals surface area contributed by atoms with Crippen LogP contribution in [0.3, 0.4) is 0 Å². The van der Waals surface area contributed by atoms with E-state index in [1.807, 2.05) is 0 Å². The number of anilines is 1. The number of amides is 1. The van der Waals surface area contributed by atoms with E-state index in [-0.39, 0.29) is 22.9 Å². The van der Waals surface area contributed by atoms with Crippen LogP contribution in [-0.2, 0) is 15.4 Å². The molecule has 8 heteroatoms. The van der Waals surface area contributed by atoms with Crippen molar-refractivity contribution in [1.82, 2.24) is 9.78 Å². The number of nitrogens with two attached hydrogens (primary N) is 2. The van der Waals surface area contributed by atoms with Gasteiger partial charge in [-0.15, -0.1) is 0 Å². The molecule has 0 spiro atoms. The van der Waals surface area contributed by atoms with E-state index in [1.54, 1.807) is 6.92 Å². The fourth-order valence-electron chi connectivity index (χ4n) is 2.14. The van der Waals surface area contributed by atoms with Gasteiger partial charge in [-0.3, -0.25) is 4.79 Å². The van der Waals surface area contributed by atoms with Gasteiger partial charge in [0.05, 0.1) is 23.2 Å². The molecule has 0 aromatic carbocycles. The molecule has 1 aromatic rings. The predicted molar refractivity (Wildman–Crippen MR) is 62.1 cm³/mol. The van der Waals surface area contributed by atoms with E-state index < -0.39 is 21.3 Å². The molecule has 2 heterocycles. The number of hydrogen-bond donors (Lipinski definition) is 2. The van der Waals surface area contributed by atoms with Gasteiger partial charge in [-0.05, 0) is 13.3 Å². The number of rotatable bonds is 2. The summed E-state index contributed by atoms with van der Waals surface area (Å²) in [6.45, 7) is 1.76. The summed E-state index contributed by atoms with van der Waals surface area (Å²) in [6.07, 6.45) is 1.70. The minimum absolute atomic E-state index is 0.0237. The number of nitrogens with zero attached hydrogens (tertiary/aromatic N) is 2. The highest BCUT2D eigenvalue weighted by molar-refractivity contribution is 7.91. The summed E-state index contributed by atoms with van der Waals surface area (Å²) < 4.78 is 24.4. The van der Waals surface area contributed by atoms with Gasteiger partial charge in [0, 0.05) is 0 Å². The monoisotopic (exact) mass is 258 g/mol. The summed E-state index contributed by atoms with van der Waals surface area (Å²) in [5.41, 5.74) is 10.3. The Morgan fingerprint density at radius 3 is 2.65 bits per heavy atom. The summed E-state index contributed by atoms with van der Waals surface area (Å²) in [6, 6.07) is 0. The first kappa shape index (κ1) is 11.9. The van der Waals surface area contributed by atoms with Crippen LogP contribution in [0.1, 0.15) is 23.7 Å². The molecule has 1 saturated heterocycles. The number of carbonyl (C=O) groups is 1. The third kappa shape index (κ3) is 1.88. The number of carbonyl (C=O) groups excluding carboxylic acids is 1. The molecule has 0 saturated carbocycles. The smallest absolute Gasteiger partial charge is 0.254 e. The first-order chi connectivity index (χ1) is 7.75. The first-order valence-electron chi connectivity index (χ1n) is 5.09. The van der Waals surface area contributed by atoms with Crippen molar-refractivity contribution >= 4 is 21.6 Å². The van der Waals surface area contributed by atoms with Gasteiger partial charge in [-0.2, -0.15) is 5.10 Å². The van der Waals surface area contributed by atoms with Gasteiger partial charge in [-0.25, -0.2) is 13.1 Å². The van der Waals surface area contributed by atoms with Gasteiger partial charge < -0.3 is 11.5 Å². The number of sulfone groups is 1.